The number of nitrogens with one attached hydrogen (secondary N) is 1. The number of nitrogens with two attached hydrogens (primary N) is 1. The monoisotopic (exact) mass is 355 g/mol. The van der Waals surface area contributed by atoms with Gasteiger partial charge in [0.05, 0.1) is 25.2 Å². The molecule has 1 aliphatic heterocycles. The number of benzene rings is 1. The quantitative estimate of drug-likeness (QED) is 0.850. The van der Waals surface area contributed by atoms with Gasteiger partial charge in [-0.2, -0.15) is 5.10 Å². The van der Waals surface area contributed by atoms with E-state index in [-0.39, 0.29) is 24.4 Å². The smallest absolute Gasteiger partial charge is 0.236 e. The topological polar surface area (TPSA) is 93.2 Å². The van der Waals surface area contributed by atoms with E-state index in [1.54, 1.807) is 11.1 Å². The van der Waals surface area contributed by atoms with Crippen LogP contribution in [0, 0.1) is 6.92 Å². The van der Waals surface area contributed by atoms with Gasteiger partial charge in [0.15, 0.2) is 0 Å². The summed E-state index contributed by atoms with van der Waals surface area (Å²) in [6, 6.07) is 9.92. The number of anilines is 1. The molecule has 2 aromatic rings. The molecule has 7 nitrogen and oxygen atoms in total. The maximum atomic E-state index is 12.4. The standard InChI is InChI=1S/C19H25N5O2/c1-14-3-2-4-15(11-14)12-18(25)22-17-5-8-21-24(17)16-6-9-23(10-7-16)19(26)13-20/h2-5,8,11,16H,6-7,9-10,12-13,20H2,1H3,(H,22,25). The second kappa shape index (κ2) is 8.14. The van der Waals surface area contributed by atoms with Gasteiger partial charge in [-0.05, 0) is 25.3 Å². The molecule has 0 bridgehead atoms. The van der Waals surface area contributed by atoms with Crippen LogP contribution >= 0.6 is 0 Å². The number of likely N-dealkylation sites (tertiary alicyclic amines) is 1. The zero-order valence-electron chi connectivity index (χ0n) is 15.0. The second-order valence-electron chi connectivity index (χ2n) is 6.69. The van der Waals surface area contributed by atoms with Gasteiger partial charge in [-0.15, -0.1) is 0 Å². The normalized spacial score (nSPS) is 15.1. The summed E-state index contributed by atoms with van der Waals surface area (Å²) in [7, 11) is 0. The minimum atomic E-state index is -0.0619. The summed E-state index contributed by atoms with van der Waals surface area (Å²) in [5.41, 5.74) is 7.55. The number of aromatic nitrogens is 2. The van der Waals surface area contributed by atoms with Crippen LogP contribution in [0.25, 0.3) is 0 Å². The number of amides is 2. The Morgan fingerprint density at radius 2 is 2.04 bits per heavy atom. The van der Waals surface area contributed by atoms with Gasteiger partial charge >= 0.3 is 0 Å². The number of rotatable bonds is 5. The molecule has 0 aliphatic carbocycles. The van der Waals surface area contributed by atoms with Crippen molar-refractivity contribution in [3.63, 3.8) is 0 Å². The Morgan fingerprint density at radius 3 is 2.73 bits per heavy atom. The predicted molar refractivity (Wildman–Crippen MR) is 99.6 cm³/mol. The summed E-state index contributed by atoms with van der Waals surface area (Å²) < 4.78 is 1.86. The second-order valence-corrected chi connectivity index (χ2v) is 6.69. The van der Waals surface area contributed by atoms with E-state index in [4.69, 9.17) is 5.73 Å². The summed E-state index contributed by atoms with van der Waals surface area (Å²) in [6.45, 7) is 3.39. The Bertz CT molecular complexity index is 778. The number of carbonyl (C=O) groups excluding carboxylic acids is 2. The van der Waals surface area contributed by atoms with Gasteiger partial charge in [-0.1, -0.05) is 29.8 Å². The van der Waals surface area contributed by atoms with E-state index >= 15 is 0 Å². The van der Waals surface area contributed by atoms with Crippen molar-refractivity contribution in [2.45, 2.75) is 32.2 Å². The first-order valence-electron chi connectivity index (χ1n) is 8.93. The van der Waals surface area contributed by atoms with Crippen molar-refractivity contribution < 1.29 is 9.59 Å². The molecule has 0 saturated carbocycles. The highest BCUT2D eigenvalue weighted by Crippen LogP contribution is 2.25. The maximum Gasteiger partial charge on any atom is 0.236 e. The SMILES string of the molecule is Cc1cccc(CC(=O)Nc2ccnn2C2CCN(C(=O)CN)CC2)c1. The van der Waals surface area contributed by atoms with Crippen LogP contribution in [-0.2, 0) is 16.0 Å². The number of carbonyl (C=O) groups is 2. The molecule has 2 heterocycles. The van der Waals surface area contributed by atoms with Crippen molar-refractivity contribution in [2.75, 3.05) is 25.0 Å². The summed E-state index contributed by atoms with van der Waals surface area (Å²) in [6.07, 6.45) is 3.62. The number of aryl methyl sites for hydroxylation is 1. The molecule has 0 radical (unpaired) electrons. The van der Waals surface area contributed by atoms with Crippen LogP contribution in [-0.4, -0.2) is 46.1 Å². The first-order chi connectivity index (χ1) is 12.6. The van der Waals surface area contributed by atoms with Crippen LogP contribution < -0.4 is 11.1 Å². The molecule has 26 heavy (non-hydrogen) atoms. The van der Waals surface area contributed by atoms with E-state index in [2.05, 4.69) is 10.4 Å². The molecule has 0 spiro atoms. The summed E-state index contributed by atoms with van der Waals surface area (Å²) >= 11 is 0. The van der Waals surface area contributed by atoms with Crippen LogP contribution in [0.5, 0.6) is 0 Å². The van der Waals surface area contributed by atoms with Crippen LogP contribution in [0.2, 0.25) is 0 Å². The molecule has 1 aromatic carbocycles. The molecule has 0 atom stereocenters. The summed E-state index contributed by atoms with van der Waals surface area (Å²) in [5, 5.41) is 7.34. The Morgan fingerprint density at radius 1 is 1.27 bits per heavy atom. The highest BCUT2D eigenvalue weighted by molar-refractivity contribution is 5.91. The lowest BCUT2D eigenvalue weighted by Gasteiger charge is -2.32. The Hall–Kier alpha value is -2.67. The first-order valence-corrected chi connectivity index (χ1v) is 8.93. The van der Waals surface area contributed by atoms with E-state index in [9.17, 15) is 9.59 Å². The van der Waals surface area contributed by atoms with Gasteiger partial charge in [0.2, 0.25) is 11.8 Å². The third kappa shape index (κ3) is 4.29. The third-order valence-electron chi connectivity index (χ3n) is 4.72. The molecule has 7 heteroatoms. The maximum absolute atomic E-state index is 12.4. The van der Waals surface area contributed by atoms with Gasteiger partial charge in [0.25, 0.3) is 0 Å². The Labute approximate surface area is 153 Å². The molecule has 3 N–H and O–H groups in total. The average Bonchev–Trinajstić information content (AvgIpc) is 3.09. The van der Waals surface area contributed by atoms with Gasteiger partial charge in [0.1, 0.15) is 5.82 Å². The highest BCUT2D eigenvalue weighted by Gasteiger charge is 2.25. The molecule has 1 fully saturated rings. The minimum Gasteiger partial charge on any atom is -0.341 e. The lowest BCUT2D eigenvalue weighted by atomic mass is 10.1. The van der Waals surface area contributed by atoms with E-state index in [1.165, 1.54) is 0 Å². The van der Waals surface area contributed by atoms with Gasteiger partial charge in [-0.3, -0.25) is 9.59 Å². The molecule has 1 saturated heterocycles. The zero-order valence-corrected chi connectivity index (χ0v) is 15.0. The molecule has 2 amide bonds. The van der Waals surface area contributed by atoms with Crippen LogP contribution in [0.4, 0.5) is 5.82 Å². The minimum absolute atomic E-state index is 0.0180. The fourth-order valence-corrected chi connectivity index (χ4v) is 3.39. The largest absolute Gasteiger partial charge is 0.341 e. The van der Waals surface area contributed by atoms with E-state index in [0.29, 0.717) is 25.3 Å². The molecule has 1 aromatic heterocycles. The van der Waals surface area contributed by atoms with Crippen molar-refractivity contribution in [2.24, 2.45) is 5.73 Å². The van der Waals surface area contributed by atoms with E-state index in [1.807, 2.05) is 41.9 Å². The van der Waals surface area contributed by atoms with Crippen molar-refractivity contribution in [1.29, 1.82) is 0 Å². The van der Waals surface area contributed by atoms with Crippen LogP contribution in [0.15, 0.2) is 36.5 Å². The fraction of sp³-hybridized carbons (Fsp3) is 0.421. The molecule has 3 rings (SSSR count). The van der Waals surface area contributed by atoms with E-state index in [0.717, 1.165) is 24.0 Å². The molecule has 0 unspecified atom stereocenters. The molecule has 1 aliphatic rings. The molecular weight excluding hydrogens is 330 g/mol. The Kier molecular flexibility index (Phi) is 5.68. The lowest BCUT2D eigenvalue weighted by molar-refractivity contribution is -0.131. The molecular formula is C19H25N5O2. The van der Waals surface area contributed by atoms with Gasteiger partial charge in [-0.25, -0.2) is 4.68 Å². The number of nitrogens with zero attached hydrogens (tertiary/aromatic N) is 3. The number of hydrogen-bond acceptors (Lipinski definition) is 4. The first kappa shape index (κ1) is 18.1. The average molecular weight is 355 g/mol. The number of piperidine rings is 1. The van der Waals surface area contributed by atoms with E-state index < -0.39 is 0 Å². The Balaban J connectivity index is 1.60. The lowest BCUT2D eigenvalue weighted by Crippen LogP contribution is -2.42. The zero-order chi connectivity index (χ0) is 18.5. The summed E-state index contributed by atoms with van der Waals surface area (Å²) in [4.78, 5) is 25.9. The van der Waals surface area contributed by atoms with Crippen LogP contribution in [0.1, 0.15) is 30.0 Å². The van der Waals surface area contributed by atoms with Crippen molar-refractivity contribution in [3.8, 4) is 0 Å². The van der Waals surface area contributed by atoms with Crippen LogP contribution in [0.3, 0.4) is 0 Å². The number of hydrogen-bond donors (Lipinski definition) is 2. The highest BCUT2D eigenvalue weighted by atomic mass is 16.2. The van der Waals surface area contributed by atoms with Crippen molar-refractivity contribution in [3.05, 3.63) is 47.7 Å². The molecule has 138 valence electrons. The fourth-order valence-electron chi connectivity index (χ4n) is 3.39. The van der Waals surface area contributed by atoms with Crippen molar-refractivity contribution in [1.82, 2.24) is 14.7 Å². The van der Waals surface area contributed by atoms with Gasteiger partial charge in [0, 0.05) is 19.2 Å². The van der Waals surface area contributed by atoms with Crippen molar-refractivity contribution >= 4 is 17.6 Å². The third-order valence-corrected chi connectivity index (χ3v) is 4.72. The predicted octanol–water partition coefficient (Wildman–Crippen LogP) is 1.49. The van der Waals surface area contributed by atoms with Gasteiger partial charge < -0.3 is 16.0 Å². The summed E-state index contributed by atoms with van der Waals surface area (Å²) in [5.74, 6) is 0.620.